The first-order chi connectivity index (χ1) is 9.31. The molecule has 0 saturated heterocycles. The third kappa shape index (κ3) is 2.83. The lowest BCUT2D eigenvalue weighted by molar-refractivity contribution is 0.569. The Morgan fingerprint density at radius 2 is 1.85 bits per heavy atom. The van der Waals surface area contributed by atoms with Crippen molar-refractivity contribution in [1.82, 2.24) is 0 Å². The van der Waals surface area contributed by atoms with Crippen molar-refractivity contribution in [3.05, 3.63) is 53.1 Å². The second-order valence-electron chi connectivity index (χ2n) is 3.90. The van der Waals surface area contributed by atoms with Gasteiger partial charge in [-0.15, -0.1) is 0 Å². The van der Waals surface area contributed by atoms with E-state index >= 15 is 0 Å². The molecule has 0 radical (unpaired) electrons. The minimum Gasteiger partial charge on any atom is -0.399 e. The molecule has 0 aliphatic heterocycles. The highest BCUT2D eigenvalue weighted by Crippen LogP contribution is 2.25. The molecule has 0 unspecified atom stereocenters. The van der Waals surface area contributed by atoms with Crippen LogP contribution in [0.3, 0.4) is 0 Å². The van der Waals surface area contributed by atoms with Crippen molar-refractivity contribution in [1.29, 1.82) is 0 Å². The second-order valence-corrected chi connectivity index (χ2v) is 5.95. The molecule has 0 heterocycles. The van der Waals surface area contributed by atoms with E-state index in [9.17, 15) is 17.2 Å². The number of benzene rings is 2. The third-order valence-electron chi connectivity index (χ3n) is 2.44. The average Bonchev–Trinajstić information content (AvgIpc) is 2.36. The molecule has 106 valence electrons. The molecular weight excluding hydrogens is 310 g/mol. The first-order valence-electron chi connectivity index (χ1n) is 5.33. The lowest BCUT2D eigenvalue weighted by Gasteiger charge is -2.10. The number of nitrogens with one attached hydrogen (secondary N) is 1. The van der Waals surface area contributed by atoms with Gasteiger partial charge in [0.1, 0.15) is 10.7 Å². The number of nitrogen functional groups attached to an aromatic ring is 1. The maximum Gasteiger partial charge on any atom is 0.264 e. The Morgan fingerprint density at radius 1 is 1.15 bits per heavy atom. The number of nitrogens with two attached hydrogens (primary N) is 1. The van der Waals surface area contributed by atoms with Gasteiger partial charge in [-0.05, 0) is 30.3 Å². The molecular formula is C12H9ClF2N2O2S. The van der Waals surface area contributed by atoms with Gasteiger partial charge in [-0.3, -0.25) is 4.72 Å². The maximum atomic E-state index is 13.7. The molecule has 0 aliphatic rings. The third-order valence-corrected chi connectivity index (χ3v) is 4.12. The standard InChI is InChI=1S/C12H9ClF2N2O2S/c13-8-2-1-3-11(12(8)15)20(18,19)17-10-6-7(16)4-5-9(10)14/h1-6,17H,16H2. The molecule has 2 aromatic rings. The average molecular weight is 319 g/mol. The largest absolute Gasteiger partial charge is 0.399 e. The first kappa shape index (κ1) is 14.5. The van der Waals surface area contributed by atoms with E-state index in [1.807, 2.05) is 4.72 Å². The van der Waals surface area contributed by atoms with Crippen molar-refractivity contribution < 1.29 is 17.2 Å². The Morgan fingerprint density at radius 3 is 2.55 bits per heavy atom. The molecule has 0 fully saturated rings. The molecule has 2 rings (SSSR count). The van der Waals surface area contributed by atoms with Crippen LogP contribution in [0.5, 0.6) is 0 Å². The Bertz CT molecular complexity index is 766. The molecule has 0 atom stereocenters. The van der Waals surface area contributed by atoms with Crippen LogP contribution in [0.2, 0.25) is 5.02 Å². The summed E-state index contributed by atoms with van der Waals surface area (Å²) in [6, 6.07) is 6.87. The van der Waals surface area contributed by atoms with Gasteiger partial charge in [0, 0.05) is 5.69 Å². The highest BCUT2D eigenvalue weighted by Gasteiger charge is 2.22. The quantitative estimate of drug-likeness (QED) is 0.854. The van der Waals surface area contributed by atoms with Crippen LogP contribution in [0.4, 0.5) is 20.2 Å². The zero-order valence-corrected chi connectivity index (χ0v) is 11.5. The van der Waals surface area contributed by atoms with E-state index < -0.39 is 26.6 Å². The van der Waals surface area contributed by atoms with Crippen LogP contribution >= 0.6 is 11.6 Å². The zero-order valence-electron chi connectivity index (χ0n) is 9.90. The van der Waals surface area contributed by atoms with Crippen molar-refractivity contribution in [2.45, 2.75) is 4.90 Å². The van der Waals surface area contributed by atoms with E-state index in [-0.39, 0.29) is 16.4 Å². The van der Waals surface area contributed by atoms with Gasteiger partial charge in [-0.25, -0.2) is 17.2 Å². The fourth-order valence-electron chi connectivity index (χ4n) is 1.51. The van der Waals surface area contributed by atoms with Gasteiger partial charge < -0.3 is 5.73 Å². The highest BCUT2D eigenvalue weighted by molar-refractivity contribution is 7.92. The molecule has 0 amide bonds. The van der Waals surface area contributed by atoms with Crippen LogP contribution in [-0.2, 0) is 10.0 Å². The van der Waals surface area contributed by atoms with E-state index in [4.69, 9.17) is 17.3 Å². The fourth-order valence-corrected chi connectivity index (χ4v) is 2.90. The summed E-state index contributed by atoms with van der Waals surface area (Å²) in [5.74, 6) is -1.93. The number of rotatable bonds is 3. The van der Waals surface area contributed by atoms with E-state index in [1.165, 1.54) is 18.2 Å². The monoisotopic (exact) mass is 318 g/mol. The predicted molar refractivity (Wildman–Crippen MR) is 73.0 cm³/mol. The number of hydrogen-bond acceptors (Lipinski definition) is 3. The molecule has 2 aromatic carbocycles. The van der Waals surface area contributed by atoms with E-state index in [0.717, 1.165) is 18.2 Å². The van der Waals surface area contributed by atoms with Crippen LogP contribution in [0.25, 0.3) is 0 Å². The smallest absolute Gasteiger partial charge is 0.264 e. The van der Waals surface area contributed by atoms with Gasteiger partial charge in [0.2, 0.25) is 0 Å². The van der Waals surface area contributed by atoms with Crippen molar-refractivity contribution >= 4 is 33.0 Å². The topological polar surface area (TPSA) is 72.2 Å². The molecule has 0 bridgehead atoms. The second kappa shape index (κ2) is 5.26. The Kier molecular flexibility index (Phi) is 3.82. The zero-order chi connectivity index (χ0) is 14.9. The van der Waals surface area contributed by atoms with Gasteiger partial charge in [0.25, 0.3) is 10.0 Å². The van der Waals surface area contributed by atoms with E-state index in [0.29, 0.717) is 0 Å². The summed E-state index contributed by atoms with van der Waals surface area (Å²) in [5, 5.41) is -0.346. The molecule has 4 nitrogen and oxygen atoms in total. The van der Waals surface area contributed by atoms with Crippen LogP contribution < -0.4 is 10.5 Å². The number of halogens is 3. The Labute approximate surface area is 119 Å². The lowest BCUT2D eigenvalue weighted by Crippen LogP contribution is -2.15. The number of anilines is 2. The number of hydrogen-bond donors (Lipinski definition) is 2. The maximum absolute atomic E-state index is 13.7. The van der Waals surface area contributed by atoms with E-state index in [1.54, 1.807) is 0 Å². The molecule has 0 aromatic heterocycles. The number of sulfonamides is 1. The Hall–Kier alpha value is -1.86. The summed E-state index contributed by atoms with van der Waals surface area (Å²) in [7, 11) is -4.31. The van der Waals surface area contributed by atoms with Crippen LogP contribution in [0, 0.1) is 11.6 Å². The summed E-state index contributed by atoms with van der Waals surface area (Å²) < 4.78 is 53.2. The fraction of sp³-hybridized carbons (Fsp3) is 0. The van der Waals surface area contributed by atoms with Crippen LogP contribution in [0.1, 0.15) is 0 Å². The van der Waals surface area contributed by atoms with Gasteiger partial charge in [0.05, 0.1) is 10.7 Å². The van der Waals surface area contributed by atoms with Crippen LogP contribution in [-0.4, -0.2) is 8.42 Å². The van der Waals surface area contributed by atoms with Gasteiger partial charge in [-0.1, -0.05) is 17.7 Å². The molecule has 0 spiro atoms. The normalized spacial score (nSPS) is 11.3. The van der Waals surface area contributed by atoms with Crippen molar-refractivity contribution in [2.24, 2.45) is 0 Å². The SMILES string of the molecule is Nc1ccc(F)c(NS(=O)(=O)c2cccc(Cl)c2F)c1. The molecule has 3 N–H and O–H groups in total. The van der Waals surface area contributed by atoms with Gasteiger partial charge in [-0.2, -0.15) is 0 Å². The minimum atomic E-state index is -4.31. The van der Waals surface area contributed by atoms with E-state index in [2.05, 4.69) is 0 Å². The molecule has 8 heteroatoms. The minimum absolute atomic E-state index is 0.163. The van der Waals surface area contributed by atoms with Crippen molar-refractivity contribution in [3.8, 4) is 0 Å². The summed E-state index contributed by atoms with van der Waals surface area (Å²) in [6.45, 7) is 0. The summed E-state index contributed by atoms with van der Waals surface area (Å²) in [5.41, 5.74) is 5.23. The predicted octanol–water partition coefficient (Wildman–Crippen LogP) is 3.00. The van der Waals surface area contributed by atoms with Gasteiger partial charge >= 0.3 is 0 Å². The molecule has 20 heavy (non-hydrogen) atoms. The van der Waals surface area contributed by atoms with Gasteiger partial charge in [0.15, 0.2) is 5.82 Å². The highest BCUT2D eigenvalue weighted by atomic mass is 35.5. The van der Waals surface area contributed by atoms with Crippen molar-refractivity contribution in [2.75, 3.05) is 10.5 Å². The summed E-state index contributed by atoms with van der Waals surface area (Å²) in [6.07, 6.45) is 0. The summed E-state index contributed by atoms with van der Waals surface area (Å²) >= 11 is 5.52. The summed E-state index contributed by atoms with van der Waals surface area (Å²) in [4.78, 5) is -0.674. The lowest BCUT2D eigenvalue weighted by atomic mass is 10.3. The van der Waals surface area contributed by atoms with Crippen LogP contribution in [0.15, 0.2) is 41.3 Å². The molecule has 0 aliphatic carbocycles. The molecule has 0 saturated carbocycles. The van der Waals surface area contributed by atoms with Crippen molar-refractivity contribution in [3.63, 3.8) is 0 Å². The first-order valence-corrected chi connectivity index (χ1v) is 7.19. The Balaban J connectivity index is 2.46.